The largest absolute Gasteiger partial charge is 0.390 e. The average molecular weight is 178 g/mol. The van der Waals surface area contributed by atoms with Crippen molar-refractivity contribution in [2.45, 2.75) is 26.7 Å². The summed E-state index contributed by atoms with van der Waals surface area (Å²) in [6.07, 6.45) is 1.21. The van der Waals surface area contributed by atoms with Crippen LogP contribution in [0.1, 0.15) is 31.2 Å². The van der Waals surface area contributed by atoms with E-state index in [9.17, 15) is 0 Å². The van der Waals surface area contributed by atoms with E-state index in [1.807, 2.05) is 13.0 Å². The highest BCUT2D eigenvalue weighted by Crippen LogP contribution is 2.15. The molecule has 1 rings (SSSR count). The molecule has 0 aliphatic carbocycles. The van der Waals surface area contributed by atoms with Gasteiger partial charge >= 0.3 is 0 Å². The molecule has 13 heavy (non-hydrogen) atoms. The lowest BCUT2D eigenvalue weighted by Gasteiger charge is -2.05. The topological polar surface area (TPSA) is 64.2 Å². The smallest absolute Gasteiger partial charge is 0.251 e. The zero-order valence-corrected chi connectivity index (χ0v) is 8.15. The Hall–Kier alpha value is -1.45. The Morgan fingerprint density at radius 1 is 1.46 bits per heavy atom. The zero-order valence-electron chi connectivity index (χ0n) is 8.15. The molecule has 0 fully saturated rings. The molecule has 0 saturated heterocycles. The second-order valence-corrected chi connectivity index (χ2v) is 3.17. The number of aliphatic imine (C=N–C) groups is 1. The first-order valence-electron chi connectivity index (χ1n) is 4.23. The Kier molecular flexibility index (Phi) is 2.95. The molecule has 0 aliphatic heterocycles. The number of aryl methyl sites for hydroxylation is 1. The highest BCUT2D eigenvalue weighted by Gasteiger charge is 2.03. The lowest BCUT2D eigenvalue weighted by molar-refractivity contribution is 0.809. The summed E-state index contributed by atoms with van der Waals surface area (Å²) < 4.78 is 0. The first-order chi connectivity index (χ1) is 6.13. The summed E-state index contributed by atoms with van der Waals surface area (Å²) in [6, 6.07) is 1.96. The fourth-order valence-corrected chi connectivity index (χ4v) is 0.997. The van der Waals surface area contributed by atoms with Crippen molar-refractivity contribution in [2.75, 3.05) is 0 Å². The van der Waals surface area contributed by atoms with Crippen molar-refractivity contribution >= 4 is 12.3 Å². The first-order valence-corrected chi connectivity index (χ1v) is 4.23. The Morgan fingerprint density at radius 3 is 2.69 bits per heavy atom. The van der Waals surface area contributed by atoms with Gasteiger partial charge < -0.3 is 5.73 Å². The molecular weight excluding hydrogens is 164 g/mol. The van der Waals surface area contributed by atoms with Gasteiger partial charge in [0.2, 0.25) is 0 Å². The number of nitrogens with two attached hydrogens (primary N) is 1. The van der Waals surface area contributed by atoms with Crippen LogP contribution < -0.4 is 5.73 Å². The van der Waals surface area contributed by atoms with Gasteiger partial charge in [0.15, 0.2) is 0 Å². The fraction of sp³-hybridized carbons (Fsp3) is 0.444. The molecule has 4 heteroatoms. The van der Waals surface area contributed by atoms with Crippen LogP contribution in [-0.2, 0) is 0 Å². The van der Waals surface area contributed by atoms with Gasteiger partial charge in [-0.25, -0.2) is 15.0 Å². The van der Waals surface area contributed by atoms with Gasteiger partial charge in [-0.15, -0.1) is 0 Å². The standard InChI is InChI=1S/C9H14N4/c1-6(2)8-4-7(3)12-9(13-8)11-5-10/h4-6H,1-3H3,(H2,10,11,12,13). The highest BCUT2D eigenvalue weighted by atomic mass is 15.1. The van der Waals surface area contributed by atoms with E-state index in [1.54, 1.807) is 0 Å². The number of hydrogen-bond donors (Lipinski definition) is 1. The van der Waals surface area contributed by atoms with Crippen LogP contribution in [0.3, 0.4) is 0 Å². The van der Waals surface area contributed by atoms with Gasteiger partial charge in [-0.3, -0.25) is 0 Å². The summed E-state index contributed by atoms with van der Waals surface area (Å²) in [5, 5.41) is 0. The first kappa shape index (κ1) is 9.64. The minimum Gasteiger partial charge on any atom is -0.390 e. The van der Waals surface area contributed by atoms with Crippen molar-refractivity contribution < 1.29 is 0 Å². The lowest BCUT2D eigenvalue weighted by Crippen LogP contribution is -1.97. The van der Waals surface area contributed by atoms with E-state index < -0.39 is 0 Å². The third-order valence-corrected chi connectivity index (χ3v) is 1.64. The summed E-state index contributed by atoms with van der Waals surface area (Å²) in [5.41, 5.74) is 7.07. The molecule has 0 radical (unpaired) electrons. The van der Waals surface area contributed by atoms with Crippen LogP contribution in [0.4, 0.5) is 5.95 Å². The predicted molar refractivity (Wildman–Crippen MR) is 53.2 cm³/mol. The van der Waals surface area contributed by atoms with Gasteiger partial charge in [-0.05, 0) is 18.9 Å². The van der Waals surface area contributed by atoms with Crippen molar-refractivity contribution in [3.05, 3.63) is 17.5 Å². The Labute approximate surface area is 77.9 Å². The van der Waals surface area contributed by atoms with Crippen LogP contribution in [-0.4, -0.2) is 16.3 Å². The number of nitrogens with zero attached hydrogens (tertiary/aromatic N) is 3. The van der Waals surface area contributed by atoms with Gasteiger partial charge in [0.25, 0.3) is 5.95 Å². The van der Waals surface area contributed by atoms with E-state index >= 15 is 0 Å². The van der Waals surface area contributed by atoms with Gasteiger partial charge in [0.05, 0.1) is 6.34 Å². The normalized spacial score (nSPS) is 11.4. The van der Waals surface area contributed by atoms with Crippen LogP contribution in [0.5, 0.6) is 0 Å². The molecule has 0 aliphatic rings. The van der Waals surface area contributed by atoms with Crippen LogP contribution in [0.2, 0.25) is 0 Å². The van der Waals surface area contributed by atoms with Gasteiger partial charge in [0.1, 0.15) is 0 Å². The van der Waals surface area contributed by atoms with Gasteiger partial charge in [-0.2, -0.15) is 0 Å². The summed E-state index contributed by atoms with van der Waals surface area (Å²) >= 11 is 0. The lowest BCUT2D eigenvalue weighted by atomic mass is 10.1. The van der Waals surface area contributed by atoms with Crippen molar-refractivity contribution in [3.8, 4) is 0 Å². The third kappa shape index (κ3) is 2.50. The van der Waals surface area contributed by atoms with Gasteiger partial charge in [-0.1, -0.05) is 13.8 Å². The molecule has 0 bridgehead atoms. The van der Waals surface area contributed by atoms with E-state index in [2.05, 4.69) is 28.8 Å². The minimum atomic E-state index is 0.383. The Bertz CT molecular complexity index is 317. The quantitative estimate of drug-likeness (QED) is 0.551. The van der Waals surface area contributed by atoms with Crippen molar-refractivity contribution in [3.63, 3.8) is 0 Å². The molecule has 2 N–H and O–H groups in total. The molecule has 1 aromatic heterocycles. The molecule has 1 heterocycles. The maximum absolute atomic E-state index is 5.17. The Morgan fingerprint density at radius 2 is 2.15 bits per heavy atom. The van der Waals surface area contributed by atoms with E-state index in [0.29, 0.717) is 11.9 Å². The summed E-state index contributed by atoms with van der Waals surface area (Å²) in [4.78, 5) is 12.2. The van der Waals surface area contributed by atoms with Crippen molar-refractivity contribution in [1.29, 1.82) is 0 Å². The Balaban J connectivity index is 3.11. The summed E-state index contributed by atoms with van der Waals surface area (Å²) in [5.74, 6) is 0.819. The molecule has 0 saturated carbocycles. The second kappa shape index (κ2) is 3.98. The molecule has 0 aromatic carbocycles. The summed E-state index contributed by atoms with van der Waals surface area (Å²) in [7, 11) is 0. The molecule has 0 amide bonds. The average Bonchev–Trinajstić information content (AvgIpc) is 2.03. The van der Waals surface area contributed by atoms with Crippen LogP contribution in [0.15, 0.2) is 11.1 Å². The second-order valence-electron chi connectivity index (χ2n) is 3.17. The summed E-state index contributed by atoms with van der Waals surface area (Å²) in [6.45, 7) is 6.08. The maximum atomic E-state index is 5.17. The van der Waals surface area contributed by atoms with Gasteiger partial charge in [0, 0.05) is 11.4 Å². The van der Waals surface area contributed by atoms with Crippen LogP contribution in [0, 0.1) is 6.92 Å². The predicted octanol–water partition coefficient (Wildman–Crippen LogP) is 1.53. The molecule has 0 spiro atoms. The molecule has 1 aromatic rings. The monoisotopic (exact) mass is 178 g/mol. The molecule has 0 atom stereocenters. The fourth-order valence-electron chi connectivity index (χ4n) is 0.997. The van der Waals surface area contributed by atoms with E-state index in [1.165, 1.54) is 6.34 Å². The maximum Gasteiger partial charge on any atom is 0.251 e. The van der Waals surface area contributed by atoms with E-state index in [4.69, 9.17) is 5.73 Å². The molecular formula is C9H14N4. The van der Waals surface area contributed by atoms with Crippen LogP contribution >= 0.6 is 0 Å². The van der Waals surface area contributed by atoms with E-state index in [0.717, 1.165) is 11.4 Å². The zero-order chi connectivity index (χ0) is 9.84. The number of aromatic nitrogens is 2. The van der Waals surface area contributed by atoms with E-state index in [-0.39, 0.29) is 0 Å². The molecule has 0 unspecified atom stereocenters. The SMILES string of the molecule is Cc1cc(C(C)C)nc(N=CN)n1. The minimum absolute atomic E-state index is 0.383. The number of rotatable bonds is 2. The van der Waals surface area contributed by atoms with Crippen molar-refractivity contribution in [2.24, 2.45) is 10.7 Å². The molecule has 4 nitrogen and oxygen atoms in total. The van der Waals surface area contributed by atoms with Crippen LogP contribution in [0.25, 0.3) is 0 Å². The van der Waals surface area contributed by atoms with Crippen molar-refractivity contribution in [1.82, 2.24) is 9.97 Å². The number of hydrogen-bond acceptors (Lipinski definition) is 3. The highest BCUT2D eigenvalue weighted by molar-refractivity contribution is 5.55. The molecule has 70 valence electrons. The third-order valence-electron chi connectivity index (χ3n) is 1.64.